The average Bonchev–Trinajstić information content (AvgIpc) is 3.29. The van der Waals surface area contributed by atoms with Gasteiger partial charge in [-0.15, -0.1) is 0 Å². The summed E-state index contributed by atoms with van der Waals surface area (Å²) in [5.74, 6) is 0.649. The van der Waals surface area contributed by atoms with Gasteiger partial charge in [-0.05, 0) is 37.7 Å². The predicted molar refractivity (Wildman–Crippen MR) is 83.8 cm³/mol. The van der Waals surface area contributed by atoms with Crippen LogP contribution in [0, 0.1) is 0 Å². The lowest BCUT2D eigenvalue weighted by atomic mass is 10.0. The monoisotopic (exact) mass is 300 g/mol. The van der Waals surface area contributed by atoms with Crippen LogP contribution in [0.4, 0.5) is 4.79 Å². The molecular weight excluding hydrogens is 276 g/mol. The van der Waals surface area contributed by atoms with E-state index in [1.807, 2.05) is 4.90 Å². The van der Waals surface area contributed by atoms with Crippen molar-refractivity contribution in [1.82, 2.24) is 20.2 Å². The van der Waals surface area contributed by atoms with Crippen LogP contribution in [0.1, 0.15) is 61.4 Å². The quantitative estimate of drug-likeness (QED) is 0.912. The molecule has 5 nitrogen and oxygen atoms in total. The van der Waals surface area contributed by atoms with Gasteiger partial charge < -0.3 is 10.2 Å². The van der Waals surface area contributed by atoms with Gasteiger partial charge in [0.1, 0.15) is 6.33 Å². The zero-order valence-electron chi connectivity index (χ0n) is 13.1. The third-order valence-corrected chi connectivity index (χ3v) is 5.25. The van der Waals surface area contributed by atoms with Crippen molar-refractivity contribution in [2.45, 2.75) is 63.3 Å². The molecule has 1 aromatic rings. The number of carbonyl (C=O) groups excluding carboxylic acids is 1. The molecule has 0 unspecified atom stereocenters. The average molecular weight is 300 g/mol. The summed E-state index contributed by atoms with van der Waals surface area (Å²) in [6.45, 7) is 1.56. The van der Waals surface area contributed by atoms with Crippen molar-refractivity contribution < 1.29 is 4.79 Å². The van der Waals surface area contributed by atoms with Gasteiger partial charge in [-0.25, -0.2) is 14.8 Å². The van der Waals surface area contributed by atoms with Crippen LogP contribution in [-0.2, 0) is 12.8 Å². The Labute approximate surface area is 131 Å². The Bertz CT molecular complexity index is 564. The SMILES string of the molecule is O=C(NC1CCCC1)N1CCc2ncnc(C3CC3)c2CC1. The number of amides is 2. The molecule has 0 aromatic carbocycles. The number of nitrogens with zero attached hydrogens (tertiary/aromatic N) is 3. The molecule has 0 radical (unpaired) electrons. The number of carbonyl (C=O) groups is 1. The normalized spacial score (nSPS) is 22.3. The second kappa shape index (κ2) is 5.86. The number of urea groups is 1. The van der Waals surface area contributed by atoms with E-state index in [4.69, 9.17) is 0 Å². The van der Waals surface area contributed by atoms with Gasteiger partial charge in [-0.2, -0.15) is 0 Å². The zero-order chi connectivity index (χ0) is 14.9. The summed E-state index contributed by atoms with van der Waals surface area (Å²) in [6.07, 6.45) is 10.8. The Balaban J connectivity index is 1.44. The summed E-state index contributed by atoms with van der Waals surface area (Å²) >= 11 is 0. The molecule has 2 fully saturated rings. The molecule has 1 aromatic heterocycles. The first-order valence-corrected chi connectivity index (χ1v) is 8.69. The smallest absolute Gasteiger partial charge is 0.317 e. The molecule has 5 heteroatoms. The van der Waals surface area contributed by atoms with Crippen molar-refractivity contribution in [3.8, 4) is 0 Å². The minimum Gasteiger partial charge on any atom is -0.335 e. The summed E-state index contributed by atoms with van der Waals surface area (Å²) in [7, 11) is 0. The Kier molecular flexibility index (Phi) is 3.72. The third-order valence-electron chi connectivity index (χ3n) is 5.25. The first kappa shape index (κ1) is 14.0. The largest absolute Gasteiger partial charge is 0.335 e. The zero-order valence-corrected chi connectivity index (χ0v) is 13.1. The molecule has 0 spiro atoms. The topological polar surface area (TPSA) is 58.1 Å². The van der Waals surface area contributed by atoms with E-state index in [9.17, 15) is 4.79 Å². The lowest BCUT2D eigenvalue weighted by molar-refractivity contribution is 0.196. The minimum atomic E-state index is 0.112. The van der Waals surface area contributed by atoms with E-state index in [-0.39, 0.29) is 6.03 Å². The standard InChI is InChI=1S/C17H24N4O/c22-17(20-13-3-1-2-4-13)21-9-7-14-15(8-10-21)18-11-19-16(14)12-5-6-12/h11-13H,1-10H2,(H,20,22). The highest BCUT2D eigenvalue weighted by molar-refractivity contribution is 5.74. The Morgan fingerprint density at radius 2 is 1.86 bits per heavy atom. The highest BCUT2D eigenvalue weighted by Crippen LogP contribution is 2.41. The highest BCUT2D eigenvalue weighted by atomic mass is 16.2. The van der Waals surface area contributed by atoms with Crippen LogP contribution in [-0.4, -0.2) is 40.0 Å². The highest BCUT2D eigenvalue weighted by Gasteiger charge is 2.31. The van der Waals surface area contributed by atoms with Gasteiger partial charge in [0.15, 0.2) is 0 Å². The van der Waals surface area contributed by atoms with E-state index in [2.05, 4.69) is 15.3 Å². The van der Waals surface area contributed by atoms with Crippen LogP contribution < -0.4 is 5.32 Å². The number of aromatic nitrogens is 2. The first-order chi connectivity index (χ1) is 10.8. The molecule has 0 saturated heterocycles. The van der Waals surface area contributed by atoms with Gasteiger partial charge in [0.25, 0.3) is 0 Å². The first-order valence-electron chi connectivity index (χ1n) is 8.69. The molecule has 0 bridgehead atoms. The summed E-state index contributed by atoms with van der Waals surface area (Å²) in [4.78, 5) is 23.4. The van der Waals surface area contributed by atoms with Gasteiger partial charge in [0, 0.05) is 37.2 Å². The van der Waals surface area contributed by atoms with Crippen LogP contribution in [0.2, 0.25) is 0 Å². The Morgan fingerprint density at radius 1 is 1.09 bits per heavy atom. The minimum absolute atomic E-state index is 0.112. The van der Waals surface area contributed by atoms with E-state index >= 15 is 0 Å². The Morgan fingerprint density at radius 3 is 2.64 bits per heavy atom. The summed E-state index contributed by atoms with van der Waals surface area (Å²) in [5.41, 5.74) is 3.73. The van der Waals surface area contributed by atoms with Crippen LogP contribution in [0.5, 0.6) is 0 Å². The molecule has 4 rings (SSSR count). The number of rotatable bonds is 2. The third kappa shape index (κ3) is 2.81. The molecule has 22 heavy (non-hydrogen) atoms. The van der Waals surface area contributed by atoms with Gasteiger partial charge in [0.05, 0.1) is 5.69 Å². The second-order valence-corrected chi connectivity index (χ2v) is 6.88. The summed E-state index contributed by atoms with van der Waals surface area (Å²) in [6, 6.07) is 0.501. The van der Waals surface area contributed by atoms with E-state index in [1.165, 1.54) is 36.9 Å². The molecule has 0 atom stereocenters. The van der Waals surface area contributed by atoms with Crippen LogP contribution in [0.3, 0.4) is 0 Å². The van der Waals surface area contributed by atoms with Gasteiger partial charge in [0.2, 0.25) is 0 Å². The number of hydrogen-bond donors (Lipinski definition) is 1. The number of nitrogens with one attached hydrogen (secondary N) is 1. The van der Waals surface area contributed by atoms with Crippen LogP contribution in [0.15, 0.2) is 6.33 Å². The molecule has 118 valence electrons. The fourth-order valence-electron chi connectivity index (χ4n) is 3.80. The van der Waals surface area contributed by atoms with Gasteiger partial charge >= 0.3 is 6.03 Å². The number of hydrogen-bond acceptors (Lipinski definition) is 3. The summed E-state index contributed by atoms with van der Waals surface area (Å²) < 4.78 is 0. The maximum atomic E-state index is 12.5. The van der Waals surface area contributed by atoms with E-state index in [1.54, 1.807) is 6.33 Å². The molecule has 2 aliphatic carbocycles. The van der Waals surface area contributed by atoms with Crippen LogP contribution >= 0.6 is 0 Å². The molecule has 1 aliphatic heterocycles. The summed E-state index contributed by atoms with van der Waals surface area (Å²) in [5, 5.41) is 3.20. The van der Waals surface area contributed by atoms with E-state index < -0.39 is 0 Å². The van der Waals surface area contributed by atoms with Crippen molar-refractivity contribution in [2.24, 2.45) is 0 Å². The van der Waals surface area contributed by atoms with Gasteiger partial charge in [-0.3, -0.25) is 0 Å². The van der Waals surface area contributed by atoms with Crippen molar-refractivity contribution >= 4 is 6.03 Å². The van der Waals surface area contributed by atoms with Crippen LogP contribution in [0.25, 0.3) is 0 Å². The maximum absolute atomic E-state index is 12.5. The second-order valence-electron chi connectivity index (χ2n) is 6.88. The van der Waals surface area contributed by atoms with E-state index in [0.717, 1.165) is 44.5 Å². The maximum Gasteiger partial charge on any atom is 0.317 e. The van der Waals surface area contributed by atoms with Crippen molar-refractivity contribution in [2.75, 3.05) is 13.1 Å². The van der Waals surface area contributed by atoms with Gasteiger partial charge in [-0.1, -0.05) is 12.8 Å². The number of fused-ring (bicyclic) bond motifs is 1. The van der Waals surface area contributed by atoms with Crippen molar-refractivity contribution in [1.29, 1.82) is 0 Å². The fourth-order valence-corrected chi connectivity index (χ4v) is 3.80. The molecule has 2 amide bonds. The lowest BCUT2D eigenvalue weighted by Crippen LogP contribution is -2.45. The predicted octanol–water partition coefficient (Wildman–Crippen LogP) is 2.41. The Hall–Kier alpha value is -1.65. The van der Waals surface area contributed by atoms with E-state index in [0.29, 0.717) is 12.0 Å². The lowest BCUT2D eigenvalue weighted by Gasteiger charge is -2.23. The molecule has 3 aliphatic rings. The fraction of sp³-hybridized carbons (Fsp3) is 0.706. The van der Waals surface area contributed by atoms with Crippen molar-refractivity contribution in [3.63, 3.8) is 0 Å². The molecule has 1 N–H and O–H groups in total. The molecule has 2 saturated carbocycles. The van der Waals surface area contributed by atoms with Crippen molar-refractivity contribution in [3.05, 3.63) is 23.3 Å². The molecule has 2 heterocycles. The molecular formula is C17H24N4O.